The molecule has 118 valence electrons. The number of hydrogen-bond acceptors (Lipinski definition) is 4. The molecule has 0 spiro atoms. The summed E-state index contributed by atoms with van der Waals surface area (Å²) in [6.07, 6.45) is 5.60. The highest BCUT2D eigenvalue weighted by molar-refractivity contribution is 7.13. The van der Waals surface area contributed by atoms with Gasteiger partial charge in [0.15, 0.2) is 0 Å². The molecule has 0 bridgehead atoms. The van der Waals surface area contributed by atoms with Gasteiger partial charge in [-0.15, -0.1) is 11.3 Å². The predicted molar refractivity (Wildman–Crippen MR) is 83.9 cm³/mol. The Labute approximate surface area is 129 Å². The minimum absolute atomic E-state index is 0.0436. The van der Waals surface area contributed by atoms with Crippen molar-refractivity contribution in [2.45, 2.75) is 58.8 Å². The van der Waals surface area contributed by atoms with Gasteiger partial charge in [-0.05, 0) is 32.6 Å². The second kappa shape index (κ2) is 9.50. The molecule has 1 heterocycles. The number of carbonyl (C=O) groups excluding carboxylic acids is 1. The van der Waals surface area contributed by atoms with Crippen LogP contribution in [0.3, 0.4) is 0 Å². The van der Waals surface area contributed by atoms with Crippen LogP contribution < -0.4 is 5.32 Å². The van der Waals surface area contributed by atoms with Gasteiger partial charge >= 0.3 is 5.97 Å². The molecule has 6 heteroatoms. The van der Waals surface area contributed by atoms with Crippen LogP contribution in [0.5, 0.6) is 0 Å². The lowest BCUT2D eigenvalue weighted by atomic mass is 10.1. The first-order valence-electron chi connectivity index (χ1n) is 7.51. The maximum absolute atomic E-state index is 12.0. The minimum Gasteiger partial charge on any atom is -0.481 e. The lowest BCUT2D eigenvalue weighted by molar-refractivity contribution is -0.137. The maximum atomic E-state index is 12.0. The lowest BCUT2D eigenvalue weighted by Gasteiger charge is -2.03. The molecule has 0 radical (unpaired) electrons. The van der Waals surface area contributed by atoms with E-state index in [4.69, 9.17) is 5.11 Å². The van der Waals surface area contributed by atoms with Gasteiger partial charge in [0.2, 0.25) is 0 Å². The van der Waals surface area contributed by atoms with Gasteiger partial charge in [-0.2, -0.15) is 0 Å². The molecule has 0 aliphatic carbocycles. The van der Waals surface area contributed by atoms with E-state index >= 15 is 0 Å². The fourth-order valence-electron chi connectivity index (χ4n) is 2.02. The van der Waals surface area contributed by atoms with Crippen LogP contribution in [0.4, 0.5) is 0 Å². The predicted octanol–water partition coefficient (Wildman–Crippen LogP) is 3.17. The number of hydrogen-bond donors (Lipinski definition) is 2. The molecule has 2 N–H and O–H groups in total. The third kappa shape index (κ3) is 6.71. The molecular weight excluding hydrogens is 288 g/mol. The monoisotopic (exact) mass is 312 g/mol. The topological polar surface area (TPSA) is 79.3 Å². The van der Waals surface area contributed by atoms with E-state index in [2.05, 4.69) is 17.2 Å². The van der Waals surface area contributed by atoms with Crippen LogP contribution in [0.2, 0.25) is 0 Å². The molecule has 1 aromatic heterocycles. The molecule has 0 fully saturated rings. The van der Waals surface area contributed by atoms with Crippen LogP contribution in [0, 0.1) is 6.92 Å². The molecule has 1 amide bonds. The number of thiazole rings is 1. The molecule has 0 aromatic carbocycles. The van der Waals surface area contributed by atoms with Crippen LogP contribution >= 0.6 is 11.3 Å². The molecule has 0 saturated heterocycles. The Morgan fingerprint density at radius 3 is 2.62 bits per heavy atom. The number of aromatic nitrogens is 1. The normalized spacial score (nSPS) is 10.6. The summed E-state index contributed by atoms with van der Waals surface area (Å²) in [5, 5.41) is 12.5. The first kappa shape index (κ1) is 17.6. The zero-order valence-corrected chi connectivity index (χ0v) is 13.6. The fraction of sp³-hybridized carbons (Fsp3) is 0.667. The van der Waals surface area contributed by atoms with E-state index in [1.54, 1.807) is 0 Å². The van der Waals surface area contributed by atoms with Crippen molar-refractivity contribution in [2.24, 2.45) is 0 Å². The van der Waals surface area contributed by atoms with E-state index in [0.717, 1.165) is 42.8 Å². The number of carboxylic acids is 1. The number of nitrogens with one attached hydrogen (secondary N) is 1. The van der Waals surface area contributed by atoms with Crippen molar-refractivity contribution in [3.8, 4) is 0 Å². The van der Waals surface area contributed by atoms with E-state index in [1.165, 1.54) is 11.3 Å². The van der Waals surface area contributed by atoms with Crippen molar-refractivity contribution in [3.63, 3.8) is 0 Å². The van der Waals surface area contributed by atoms with Gasteiger partial charge in [-0.1, -0.05) is 19.8 Å². The number of aliphatic carboxylic acids is 1. The second-order valence-corrected chi connectivity index (χ2v) is 6.17. The smallest absolute Gasteiger partial charge is 0.303 e. The molecular formula is C15H24N2O3S. The summed E-state index contributed by atoms with van der Waals surface area (Å²) in [5.41, 5.74) is 0.808. The van der Waals surface area contributed by atoms with Crippen molar-refractivity contribution in [1.29, 1.82) is 0 Å². The largest absolute Gasteiger partial charge is 0.481 e. The van der Waals surface area contributed by atoms with Crippen LogP contribution in [-0.4, -0.2) is 28.5 Å². The van der Waals surface area contributed by atoms with Crippen LogP contribution in [0.25, 0.3) is 0 Å². The average Bonchev–Trinajstić information content (AvgIpc) is 2.78. The highest BCUT2D eigenvalue weighted by Gasteiger charge is 2.14. The molecule has 1 aromatic rings. The van der Waals surface area contributed by atoms with E-state index in [0.29, 0.717) is 17.8 Å². The first-order valence-corrected chi connectivity index (χ1v) is 8.32. The average molecular weight is 312 g/mol. The zero-order valence-electron chi connectivity index (χ0n) is 12.8. The number of rotatable bonds is 10. The Kier molecular flexibility index (Phi) is 7.97. The Hall–Kier alpha value is -1.43. The highest BCUT2D eigenvalue weighted by atomic mass is 32.1. The van der Waals surface area contributed by atoms with Crippen molar-refractivity contribution in [2.75, 3.05) is 6.54 Å². The van der Waals surface area contributed by atoms with Gasteiger partial charge in [-0.25, -0.2) is 4.98 Å². The summed E-state index contributed by atoms with van der Waals surface area (Å²) in [6, 6.07) is 0. The van der Waals surface area contributed by atoms with Gasteiger partial charge < -0.3 is 10.4 Å². The summed E-state index contributed by atoms with van der Waals surface area (Å²) in [4.78, 5) is 27.5. The summed E-state index contributed by atoms with van der Waals surface area (Å²) < 4.78 is 0. The fourth-order valence-corrected chi connectivity index (χ4v) is 3.10. The highest BCUT2D eigenvalue weighted by Crippen LogP contribution is 2.19. The summed E-state index contributed by atoms with van der Waals surface area (Å²) in [5.74, 6) is -0.787. The Morgan fingerprint density at radius 2 is 1.95 bits per heavy atom. The van der Waals surface area contributed by atoms with Crippen LogP contribution in [-0.2, 0) is 11.2 Å². The molecule has 0 unspecified atom stereocenters. The Balaban J connectivity index is 2.23. The minimum atomic E-state index is -0.744. The van der Waals surface area contributed by atoms with Gasteiger partial charge in [0, 0.05) is 13.0 Å². The second-order valence-electron chi connectivity index (χ2n) is 5.09. The lowest BCUT2D eigenvalue weighted by Crippen LogP contribution is -2.24. The SMILES string of the molecule is CCCc1nc(C)c(C(=O)NCCCCCCC(=O)O)s1. The van der Waals surface area contributed by atoms with Crippen molar-refractivity contribution >= 4 is 23.2 Å². The van der Waals surface area contributed by atoms with E-state index in [1.807, 2.05) is 6.92 Å². The molecule has 21 heavy (non-hydrogen) atoms. The number of carboxylic acid groups (broad SMARTS) is 1. The van der Waals surface area contributed by atoms with E-state index in [9.17, 15) is 9.59 Å². The number of nitrogens with zero attached hydrogens (tertiary/aromatic N) is 1. The molecule has 0 atom stereocenters. The molecule has 0 saturated carbocycles. The number of carbonyl (C=O) groups is 2. The summed E-state index contributed by atoms with van der Waals surface area (Å²) in [6.45, 7) is 4.60. The van der Waals surface area contributed by atoms with Gasteiger partial charge in [0.1, 0.15) is 4.88 Å². The van der Waals surface area contributed by atoms with Gasteiger partial charge in [-0.3, -0.25) is 9.59 Å². The third-order valence-electron chi connectivity index (χ3n) is 3.11. The zero-order chi connectivity index (χ0) is 15.7. The van der Waals surface area contributed by atoms with E-state index in [-0.39, 0.29) is 12.3 Å². The number of aryl methyl sites for hydroxylation is 2. The maximum Gasteiger partial charge on any atom is 0.303 e. The van der Waals surface area contributed by atoms with Crippen molar-refractivity contribution in [3.05, 3.63) is 15.6 Å². The third-order valence-corrected chi connectivity index (χ3v) is 4.33. The first-order chi connectivity index (χ1) is 10.0. The molecule has 0 aliphatic rings. The molecule has 0 aliphatic heterocycles. The van der Waals surface area contributed by atoms with Crippen LogP contribution in [0.15, 0.2) is 0 Å². The van der Waals surface area contributed by atoms with Crippen LogP contribution in [0.1, 0.15) is 65.8 Å². The molecule has 5 nitrogen and oxygen atoms in total. The molecule has 1 rings (SSSR count). The number of unbranched alkanes of at least 4 members (excludes halogenated alkanes) is 3. The summed E-state index contributed by atoms with van der Waals surface area (Å²) in [7, 11) is 0. The van der Waals surface area contributed by atoms with Crippen molar-refractivity contribution in [1.82, 2.24) is 10.3 Å². The van der Waals surface area contributed by atoms with Gasteiger partial charge in [0.05, 0.1) is 10.7 Å². The quantitative estimate of drug-likeness (QED) is 0.650. The standard InChI is InChI=1S/C15H24N2O3S/c1-3-8-12-17-11(2)14(21-12)15(20)16-10-7-5-4-6-9-13(18)19/h3-10H2,1-2H3,(H,16,20)(H,18,19). The summed E-state index contributed by atoms with van der Waals surface area (Å²) >= 11 is 1.48. The van der Waals surface area contributed by atoms with Crippen molar-refractivity contribution < 1.29 is 14.7 Å². The Morgan fingerprint density at radius 1 is 1.24 bits per heavy atom. The van der Waals surface area contributed by atoms with E-state index < -0.39 is 5.97 Å². The Bertz CT molecular complexity index is 471. The number of amides is 1. The van der Waals surface area contributed by atoms with Gasteiger partial charge in [0.25, 0.3) is 5.91 Å².